The van der Waals surface area contributed by atoms with Crippen molar-refractivity contribution in [3.05, 3.63) is 48.4 Å². The molecule has 7 nitrogen and oxygen atoms in total. The number of rotatable bonds is 2. The van der Waals surface area contributed by atoms with E-state index in [1.54, 1.807) is 6.33 Å². The van der Waals surface area contributed by atoms with E-state index >= 15 is 0 Å². The standard InChI is InChI=1S/C24H31N5O2/c1-16-12-29(19-10-8-7-9-11-19)22-20(16)21(25-15-26-22)27-13-18(3)28(14-17(27)2)23(30)31-24(4,5)6/h7-12,15,17-18H,13-14H2,1-6H3/t17-,18+/m0/s1. The summed E-state index contributed by atoms with van der Waals surface area (Å²) in [7, 11) is 0. The molecule has 164 valence electrons. The maximum atomic E-state index is 12.7. The van der Waals surface area contributed by atoms with Crippen LogP contribution in [0.4, 0.5) is 10.6 Å². The predicted octanol–water partition coefficient (Wildman–Crippen LogP) is 4.56. The van der Waals surface area contributed by atoms with E-state index in [0.717, 1.165) is 28.1 Å². The van der Waals surface area contributed by atoms with Crippen LogP contribution in [0.2, 0.25) is 0 Å². The summed E-state index contributed by atoms with van der Waals surface area (Å²) in [5.41, 5.74) is 2.58. The number of anilines is 1. The molecule has 0 saturated carbocycles. The molecule has 31 heavy (non-hydrogen) atoms. The van der Waals surface area contributed by atoms with E-state index in [0.29, 0.717) is 13.1 Å². The quantitative estimate of drug-likeness (QED) is 0.607. The van der Waals surface area contributed by atoms with Gasteiger partial charge in [0.1, 0.15) is 23.4 Å². The highest BCUT2D eigenvalue weighted by Gasteiger charge is 2.36. The second-order valence-corrected chi connectivity index (χ2v) is 9.40. The van der Waals surface area contributed by atoms with Gasteiger partial charge in [0, 0.05) is 37.1 Å². The third-order valence-corrected chi connectivity index (χ3v) is 5.67. The Morgan fingerprint density at radius 2 is 1.77 bits per heavy atom. The fourth-order valence-corrected chi connectivity index (χ4v) is 4.22. The normalized spacial score (nSPS) is 19.7. The van der Waals surface area contributed by atoms with Crippen LogP contribution in [0, 0.1) is 6.92 Å². The lowest BCUT2D eigenvalue weighted by Gasteiger charge is -2.44. The van der Waals surface area contributed by atoms with E-state index in [9.17, 15) is 4.79 Å². The van der Waals surface area contributed by atoms with Gasteiger partial charge in [-0.05, 0) is 59.2 Å². The number of aromatic nitrogens is 3. The van der Waals surface area contributed by atoms with Gasteiger partial charge in [0.15, 0.2) is 0 Å². The summed E-state index contributed by atoms with van der Waals surface area (Å²) < 4.78 is 7.73. The predicted molar refractivity (Wildman–Crippen MR) is 123 cm³/mol. The number of para-hydroxylation sites is 1. The molecule has 7 heteroatoms. The summed E-state index contributed by atoms with van der Waals surface area (Å²) in [5, 5.41) is 1.05. The van der Waals surface area contributed by atoms with Gasteiger partial charge in [-0.3, -0.25) is 0 Å². The van der Waals surface area contributed by atoms with Crippen molar-refractivity contribution in [2.45, 2.75) is 59.2 Å². The number of nitrogens with zero attached hydrogens (tertiary/aromatic N) is 5. The van der Waals surface area contributed by atoms with Crippen molar-refractivity contribution in [1.82, 2.24) is 19.4 Å². The maximum Gasteiger partial charge on any atom is 0.410 e. The minimum absolute atomic E-state index is 0.00702. The van der Waals surface area contributed by atoms with Crippen LogP contribution in [0.25, 0.3) is 16.7 Å². The van der Waals surface area contributed by atoms with Crippen LogP contribution in [0.3, 0.4) is 0 Å². The Kier molecular flexibility index (Phi) is 5.37. The van der Waals surface area contributed by atoms with Crippen molar-refractivity contribution in [1.29, 1.82) is 0 Å². The van der Waals surface area contributed by atoms with Crippen molar-refractivity contribution in [3.8, 4) is 5.69 Å². The third-order valence-electron chi connectivity index (χ3n) is 5.67. The van der Waals surface area contributed by atoms with Crippen molar-refractivity contribution in [2.75, 3.05) is 18.0 Å². The van der Waals surface area contributed by atoms with E-state index in [-0.39, 0.29) is 18.2 Å². The Bertz CT molecular complexity index is 1090. The summed E-state index contributed by atoms with van der Waals surface area (Å²) in [6.45, 7) is 13.2. The van der Waals surface area contributed by atoms with Gasteiger partial charge in [0.2, 0.25) is 0 Å². The molecule has 0 N–H and O–H groups in total. The smallest absolute Gasteiger partial charge is 0.410 e. The van der Waals surface area contributed by atoms with Gasteiger partial charge in [-0.25, -0.2) is 14.8 Å². The van der Waals surface area contributed by atoms with Crippen LogP contribution >= 0.6 is 0 Å². The summed E-state index contributed by atoms with van der Waals surface area (Å²) in [4.78, 5) is 26.1. The number of hydrogen-bond acceptors (Lipinski definition) is 5. The van der Waals surface area contributed by atoms with Gasteiger partial charge in [-0.15, -0.1) is 0 Å². The second kappa shape index (κ2) is 7.87. The minimum atomic E-state index is -0.506. The number of aryl methyl sites for hydroxylation is 1. The Hall–Kier alpha value is -3.09. The molecule has 0 radical (unpaired) electrons. The average Bonchev–Trinajstić information content (AvgIpc) is 3.06. The van der Waals surface area contributed by atoms with Crippen LogP contribution in [0.5, 0.6) is 0 Å². The molecule has 1 aliphatic heterocycles. The number of piperazine rings is 1. The van der Waals surface area contributed by atoms with Crippen molar-refractivity contribution in [2.24, 2.45) is 0 Å². The topological polar surface area (TPSA) is 63.5 Å². The first-order valence-corrected chi connectivity index (χ1v) is 10.8. The highest BCUT2D eigenvalue weighted by molar-refractivity contribution is 5.92. The minimum Gasteiger partial charge on any atom is -0.444 e. The van der Waals surface area contributed by atoms with E-state index in [2.05, 4.69) is 58.5 Å². The van der Waals surface area contributed by atoms with Gasteiger partial charge < -0.3 is 19.1 Å². The van der Waals surface area contributed by atoms with Gasteiger partial charge in [-0.2, -0.15) is 0 Å². The largest absolute Gasteiger partial charge is 0.444 e. The number of hydrogen-bond donors (Lipinski definition) is 0. The van der Waals surface area contributed by atoms with E-state index in [1.807, 2.05) is 43.9 Å². The van der Waals surface area contributed by atoms with Crippen LogP contribution in [-0.4, -0.2) is 56.3 Å². The molecule has 1 aromatic carbocycles. The van der Waals surface area contributed by atoms with E-state index < -0.39 is 5.60 Å². The maximum absolute atomic E-state index is 12.7. The number of fused-ring (bicyclic) bond motifs is 1. The fourth-order valence-electron chi connectivity index (χ4n) is 4.22. The van der Waals surface area contributed by atoms with Gasteiger partial charge in [0.05, 0.1) is 5.39 Å². The highest BCUT2D eigenvalue weighted by atomic mass is 16.6. The van der Waals surface area contributed by atoms with E-state index in [4.69, 9.17) is 4.74 Å². The van der Waals surface area contributed by atoms with Crippen molar-refractivity contribution < 1.29 is 9.53 Å². The fraction of sp³-hybridized carbons (Fsp3) is 0.458. The Morgan fingerprint density at radius 3 is 2.45 bits per heavy atom. The number of amides is 1. The first-order valence-electron chi connectivity index (χ1n) is 10.8. The monoisotopic (exact) mass is 421 g/mol. The van der Waals surface area contributed by atoms with Crippen LogP contribution < -0.4 is 4.90 Å². The summed E-state index contributed by atoms with van der Waals surface area (Å²) in [6, 6.07) is 10.3. The van der Waals surface area contributed by atoms with Gasteiger partial charge in [-0.1, -0.05) is 18.2 Å². The molecular formula is C24H31N5O2. The number of carbonyl (C=O) groups is 1. The number of carbonyl (C=O) groups excluding carboxylic acids is 1. The first kappa shape index (κ1) is 21.2. The highest BCUT2D eigenvalue weighted by Crippen LogP contribution is 2.32. The zero-order chi connectivity index (χ0) is 22.3. The number of benzene rings is 1. The Labute approximate surface area is 183 Å². The van der Waals surface area contributed by atoms with Crippen LogP contribution in [0.15, 0.2) is 42.9 Å². The van der Waals surface area contributed by atoms with Crippen molar-refractivity contribution in [3.63, 3.8) is 0 Å². The molecule has 3 heterocycles. The molecule has 0 aliphatic carbocycles. The first-order chi connectivity index (χ1) is 14.7. The molecule has 1 saturated heterocycles. The van der Waals surface area contributed by atoms with Gasteiger partial charge in [0.25, 0.3) is 0 Å². The molecule has 0 unspecified atom stereocenters. The van der Waals surface area contributed by atoms with Crippen LogP contribution in [0.1, 0.15) is 40.2 Å². The summed E-state index contributed by atoms with van der Waals surface area (Å²) >= 11 is 0. The van der Waals surface area contributed by atoms with E-state index in [1.165, 1.54) is 0 Å². The lowest BCUT2D eigenvalue weighted by atomic mass is 10.1. The molecule has 1 amide bonds. The van der Waals surface area contributed by atoms with Crippen LogP contribution in [-0.2, 0) is 4.74 Å². The summed E-state index contributed by atoms with van der Waals surface area (Å²) in [5.74, 6) is 0.917. The molecule has 1 aliphatic rings. The summed E-state index contributed by atoms with van der Waals surface area (Å²) in [6.07, 6.45) is 3.49. The molecular weight excluding hydrogens is 390 g/mol. The molecule has 4 rings (SSSR count). The van der Waals surface area contributed by atoms with Gasteiger partial charge >= 0.3 is 6.09 Å². The number of ether oxygens (including phenoxy) is 1. The molecule has 3 aromatic rings. The molecule has 2 aromatic heterocycles. The van der Waals surface area contributed by atoms with Crippen molar-refractivity contribution >= 4 is 22.9 Å². The Balaban J connectivity index is 1.67. The lowest BCUT2D eigenvalue weighted by Crippen LogP contribution is -2.59. The molecule has 1 fully saturated rings. The Morgan fingerprint density at radius 1 is 1.06 bits per heavy atom. The third kappa shape index (κ3) is 4.09. The molecule has 2 atom stereocenters. The molecule has 0 spiro atoms. The lowest BCUT2D eigenvalue weighted by molar-refractivity contribution is 0.0130. The SMILES string of the molecule is Cc1cn(-c2ccccc2)c2ncnc(N3C[C@@H](C)N(C(=O)OC(C)(C)C)C[C@@H]3C)c12. The second-order valence-electron chi connectivity index (χ2n) is 9.40. The zero-order valence-electron chi connectivity index (χ0n) is 19.2. The molecule has 0 bridgehead atoms. The average molecular weight is 422 g/mol. The zero-order valence-corrected chi connectivity index (χ0v) is 19.2.